The van der Waals surface area contributed by atoms with Crippen LogP contribution in [0.15, 0.2) is 36.4 Å². The van der Waals surface area contributed by atoms with Gasteiger partial charge in [0, 0.05) is 18.2 Å². The fourth-order valence-corrected chi connectivity index (χ4v) is 2.35. The van der Waals surface area contributed by atoms with Crippen molar-refractivity contribution in [2.24, 2.45) is 0 Å². The Morgan fingerprint density at radius 3 is 2.40 bits per heavy atom. The molecule has 3 rings (SSSR count). The van der Waals surface area contributed by atoms with Gasteiger partial charge in [0.05, 0.1) is 0 Å². The zero-order valence-corrected chi connectivity index (χ0v) is 12.0. The molecule has 0 spiro atoms. The van der Waals surface area contributed by atoms with E-state index < -0.39 is 0 Å². The van der Waals surface area contributed by atoms with Crippen molar-refractivity contribution in [3.05, 3.63) is 58.9 Å². The van der Waals surface area contributed by atoms with Crippen LogP contribution in [0.2, 0.25) is 0 Å². The fraction of sp³-hybridized carbons (Fsp3) is 0.333. The van der Waals surface area contributed by atoms with Gasteiger partial charge in [-0.1, -0.05) is 24.3 Å². The van der Waals surface area contributed by atoms with E-state index in [0.29, 0.717) is 12.6 Å². The van der Waals surface area contributed by atoms with Gasteiger partial charge in [-0.15, -0.1) is 0 Å². The molecule has 0 aliphatic heterocycles. The van der Waals surface area contributed by atoms with E-state index in [1.807, 2.05) is 12.1 Å². The van der Waals surface area contributed by atoms with Gasteiger partial charge in [-0.25, -0.2) is 4.39 Å². The van der Waals surface area contributed by atoms with Gasteiger partial charge in [-0.05, 0) is 61.1 Å². The van der Waals surface area contributed by atoms with Crippen LogP contribution < -0.4 is 5.32 Å². The molecule has 1 aliphatic carbocycles. The zero-order valence-electron chi connectivity index (χ0n) is 12.0. The lowest BCUT2D eigenvalue weighted by molar-refractivity contribution is 0.587. The highest BCUT2D eigenvalue weighted by Crippen LogP contribution is 2.25. The predicted octanol–water partition coefficient (Wildman–Crippen LogP) is 4.36. The van der Waals surface area contributed by atoms with E-state index in [4.69, 9.17) is 0 Å². The van der Waals surface area contributed by atoms with Gasteiger partial charge in [-0.2, -0.15) is 0 Å². The van der Waals surface area contributed by atoms with E-state index in [0.717, 1.165) is 16.7 Å². The average molecular weight is 269 g/mol. The molecule has 2 aromatic rings. The van der Waals surface area contributed by atoms with Crippen LogP contribution in [0, 0.1) is 19.7 Å². The van der Waals surface area contributed by atoms with Crippen molar-refractivity contribution in [1.29, 1.82) is 0 Å². The van der Waals surface area contributed by atoms with Crippen molar-refractivity contribution in [1.82, 2.24) is 5.32 Å². The molecule has 0 saturated heterocycles. The Morgan fingerprint density at radius 2 is 1.70 bits per heavy atom. The highest BCUT2D eigenvalue weighted by molar-refractivity contribution is 5.65. The first-order valence-corrected chi connectivity index (χ1v) is 7.23. The Bertz CT molecular complexity index is 629. The van der Waals surface area contributed by atoms with Crippen LogP contribution in [0.5, 0.6) is 0 Å². The molecular weight excluding hydrogens is 249 g/mol. The molecule has 0 heterocycles. The Balaban J connectivity index is 1.88. The van der Waals surface area contributed by atoms with Gasteiger partial charge in [0.1, 0.15) is 5.82 Å². The molecule has 2 heteroatoms. The molecule has 1 fully saturated rings. The average Bonchev–Trinajstić information content (AvgIpc) is 3.25. The predicted molar refractivity (Wildman–Crippen MR) is 81.2 cm³/mol. The summed E-state index contributed by atoms with van der Waals surface area (Å²) < 4.78 is 13.9. The molecule has 0 unspecified atom stereocenters. The zero-order chi connectivity index (χ0) is 14.1. The molecule has 104 valence electrons. The summed E-state index contributed by atoms with van der Waals surface area (Å²) in [5, 5.41) is 3.37. The van der Waals surface area contributed by atoms with Crippen molar-refractivity contribution < 1.29 is 4.39 Å². The molecule has 1 nitrogen and oxygen atoms in total. The van der Waals surface area contributed by atoms with E-state index in [-0.39, 0.29) is 5.82 Å². The molecule has 0 atom stereocenters. The number of hydrogen-bond donors (Lipinski definition) is 1. The van der Waals surface area contributed by atoms with Gasteiger partial charge in [0.2, 0.25) is 0 Å². The van der Waals surface area contributed by atoms with Crippen molar-refractivity contribution in [2.45, 2.75) is 39.3 Å². The van der Waals surface area contributed by atoms with Crippen LogP contribution >= 0.6 is 0 Å². The van der Waals surface area contributed by atoms with E-state index in [1.165, 1.54) is 24.0 Å². The second-order valence-electron chi connectivity index (χ2n) is 5.76. The number of aryl methyl sites for hydroxylation is 2. The SMILES string of the molecule is Cc1ccc(-c2ccc(F)c(CNC3CC3)c2)cc1C. The third-order valence-corrected chi connectivity index (χ3v) is 4.04. The van der Waals surface area contributed by atoms with Gasteiger partial charge in [0.25, 0.3) is 0 Å². The summed E-state index contributed by atoms with van der Waals surface area (Å²) in [6.45, 7) is 4.84. The minimum absolute atomic E-state index is 0.120. The molecule has 1 N–H and O–H groups in total. The van der Waals surface area contributed by atoms with Crippen LogP contribution in [-0.2, 0) is 6.54 Å². The molecule has 1 saturated carbocycles. The molecule has 1 aliphatic rings. The fourth-order valence-electron chi connectivity index (χ4n) is 2.35. The normalized spacial score (nSPS) is 14.6. The van der Waals surface area contributed by atoms with Crippen molar-refractivity contribution >= 4 is 0 Å². The van der Waals surface area contributed by atoms with Crippen molar-refractivity contribution in [2.75, 3.05) is 0 Å². The molecule has 0 aromatic heterocycles. The summed E-state index contributed by atoms with van der Waals surface area (Å²) in [7, 11) is 0. The second kappa shape index (κ2) is 5.37. The maximum absolute atomic E-state index is 13.9. The number of rotatable bonds is 4. The van der Waals surface area contributed by atoms with E-state index in [1.54, 1.807) is 6.07 Å². The van der Waals surface area contributed by atoms with Crippen molar-refractivity contribution in [3.63, 3.8) is 0 Å². The Morgan fingerprint density at radius 1 is 1.00 bits per heavy atom. The first-order chi connectivity index (χ1) is 9.63. The number of hydrogen-bond acceptors (Lipinski definition) is 1. The quantitative estimate of drug-likeness (QED) is 0.869. The molecule has 20 heavy (non-hydrogen) atoms. The van der Waals surface area contributed by atoms with E-state index >= 15 is 0 Å². The summed E-state index contributed by atoms with van der Waals surface area (Å²) in [6.07, 6.45) is 2.44. The van der Waals surface area contributed by atoms with Crippen molar-refractivity contribution in [3.8, 4) is 11.1 Å². The van der Waals surface area contributed by atoms with Gasteiger partial charge in [-0.3, -0.25) is 0 Å². The summed E-state index contributed by atoms with van der Waals surface area (Å²) in [4.78, 5) is 0. The molecule has 0 bridgehead atoms. The minimum atomic E-state index is -0.120. The summed E-state index contributed by atoms with van der Waals surface area (Å²) in [5.74, 6) is -0.120. The molecule has 0 radical (unpaired) electrons. The lowest BCUT2D eigenvalue weighted by Gasteiger charge is -2.09. The number of benzene rings is 2. The Kier molecular flexibility index (Phi) is 3.58. The monoisotopic (exact) mass is 269 g/mol. The smallest absolute Gasteiger partial charge is 0.127 e. The van der Waals surface area contributed by atoms with Crippen LogP contribution in [0.3, 0.4) is 0 Å². The molecule has 0 amide bonds. The Hall–Kier alpha value is -1.67. The maximum atomic E-state index is 13.9. The third-order valence-electron chi connectivity index (χ3n) is 4.04. The van der Waals surface area contributed by atoms with Gasteiger partial charge >= 0.3 is 0 Å². The Labute approximate surface area is 119 Å². The first-order valence-electron chi connectivity index (χ1n) is 7.23. The molecule has 2 aromatic carbocycles. The highest BCUT2D eigenvalue weighted by Gasteiger charge is 2.20. The standard InChI is InChI=1S/C18H20FN/c1-12-3-4-14(9-13(12)2)15-5-8-18(19)16(10-15)11-20-17-6-7-17/h3-5,8-10,17,20H,6-7,11H2,1-2H3. The van der Waals surface area contributed by atoms with E-state index in [2.05, 4.69) is 37.4 Å². The number of halogens is 1. The number of nitrogens with one attached hydrogen (secondary N) is 1. The summed E-state index contributed by atoms with van der Waals surface area (Å²) in [6, 6.07) is 12.4. The topological polar surface area (TPSA) is 12.0 Å². The van der Waals surface area contributed by atoms with Crippen LogP contribution in [0.4, 0.5) is 4.39 Å². The summed E-state index contributed by atoms with van der Waals surface area (Å²) >= 11 is 0. The van der Waals surface area contributed by atoms with Gasteiger partial charge in [0.15, 0.2) is 0 Å². The maximum Gasteiger partial charge on any atom is 0.127 e. The lowest BCUT2D eigenvalue weighted by atomic mass is 9.99. The third kappa shape index (κ3) is 2.91. The van der Waals surface area contributed by atoms with Crippen LogP contribution in [0.1, 0.15) is 29.5 Å². The lowest BCUT2D eigenvalue weighted by Crippen LogP contribution is -2.16. The highest BCUT2D eigenvalue weighted by atomic mass is 19.1. The summed E-state index contributed by atoms with van der Waals surface area (Å²) in [5.41, 5.74) is 5.55. The molecular formula is C18H20FN. The minimum Gasteiger partial charge on any atom is -0.310 e. The van der Waals surface area contributed by atoms with Gasteiger partial charge < -0.3 is 5.32 Å². The van der Waals surface area contributed by atoms with Crippen LogP contribution in [0.25, 0.3) is 11.1 Å². The van der Waals surface area contributed by atoms with E-state index in [9.17, 15) is 4.39 Å². The first kappa shape index (κ1) is 13.3. The van der Waals surface area contributed by atoms with Crippen LogP contribution in [-0.4, -0.2) is 6.04 Å². The second-order valence-corrected chi connectivity index (χ2v) is 5.76. The largest absolute Gasteiger partial charge is 0.310 e.